The average molecular weight is 986 g/mol. The summed E-state index contributed by atoms with van der Waals surface area (Å²) in [5, 5.41) is 22.0. The Morgan fingerprint density at radius 3 is 1.12 bits per heavy atom. The van der Waals surface area contributed by atoms with Gasteiger partial charge >= 0.3 is 19.8 Å². The molecule has 0 saturated heterocycles. The van der Waals surface area contributed by atoms with Crippen LogP contribution in [-0.2, 0) is 32.7 Å². The van der Waals surface area contributed by atoms with Crippen molar-refractivity contribution in [1.29, 1.82) is 0 Å². The zero-order valence-electron chi connectivity index (χ0n) is 44.2. The largest absolute Gasteiger partial charge is 0.480 e. The molecule has 3 atom stereocenters. The smallest absolute Gasteiger partial charge is 0.472 e. The molecule has 0 saturated carbocycles. The van der Waals surface area contributed by atoms with Crippen LogP contribution in [0.25, 0.3) is 0 Å². The number of phosphoric ester groups is 1. The van der Waals surface area contributed by atoms with E-state index in [2.05, 4.69) is 31.3 Å². The first-order valence-electron chi connectivity index (χ1n) is 28.7. The van der Waals surface area contributed by atoms with Crippen LogP contribution < -0.4 is 5.32 Å². The minimum atomic E-state index is -4.76. The lowest BCUT2D eigenvalue weighted by atomic mass is 10.0. The van der Waals surface area contributed by atoms with Gasteiger partial charge in [-0.2, -0.15) is 0 Å². The summed E-state index contributed by atoms with van der Waals surface area (Å²) in [6.07, 6.45) is 56.7. The third-order valence-electron chi connectivity index (χ3n) is 13.1. The summed E-state index contributed by atoms with van der Waals surface area (Å²) in [6.45, 7) is 2.66. The van der Waals surface area contributed by atoms with Crippen LogP contribution in [0, 0.1) is 0 Å². The van der Waals surface area contributed by atoms with E-state index in [4.69, 9.17) is 13.8 Å². The second kappa shape index (κ2) is 51.6. The predicted molar refractivity (Wildman–Crippen MR) is 282 cm³/mol. The number of aliphatic hydroxyl groups excluding tert-OH is 1. The molecule has 0 spiro atoms. The molecular formula is C56H108NO10P. The maximum atomic E-state index is 12.4. The first-order valence-corrected chi connectivity index (χ1v) is 30.2. The van der Waals surface area contributed by atoms with Crippen molar-refractivity contribution in [2.24, 2.45) is 0 Å². The Kier molecular flexibility index (Phi) is 50.2. The number of carboxylic acids is 1. The van der Waals surface area contributed by atoms with Crippen LogP contribution in [0.1, 0.15) is 296 Å². The maximum Gasteiger partial charge on any atom is 0.472 e. The van der Waals surface area contributed by atoms with Crippen molar-refractivity contribution in [2.75, 3.05) is 19.8 Å². The van der Waals surface area contributed by atoms with E-state index >= 15 is 0 Å². The van der Waals surface area contributed by atoms with Crippen molar-refractivity contribution in [3.05, 3.63) is 12.2 Å². The van der Waals surface area contributed by atoms with Gasteiger partial charge in [-0.15, -0.1) is 0 Å². The Bertz CT molecular complexity index is 1200. The second-order valence-electron chi connectivity index (χ2n) is 19.8. The summed E-state index contributed by atoms with van der Waals surface area (Å²) >= 11 is 0. The highest BCUT2D eigenvalue weighted by molar-refractivity contribution is 7.47. The van der Waals surface area contributed by atoms with Gasteiger partial charge in [0.1, 0.15) is 12.7 Å². The lowest BCUT2D eigenvalue weighted by Gasteiger charge is -2.18. The molecule has 0 heterocycles. The number of amides is 1. The number of nitrogens with one attached hydrogen (secondary N) is 1. The molecule has 12 heteroatoms. The number of unbranched alkanes of at least 4 members (excludes halogenated alkanes) is 39. The van der Waals surface area contributed by atoms with Gasteiger partial charge in [-0.3, -0.25) is 18.6 Å². The zero-order valence-corrected chi connectivity index (χ0v) is 45.1. The lowest BCUT2D eigenvalue weighted by molar-refractivity contribution is -0.147. The van der Waals surface area contributed by atoms with Crippen LogP contribution in [0.4, 0.5) is 0 Å². The summed E-state index contributed by atoms with van der Waals surface area (Å²) in [5.41, 5.74) is 0. The average Bonchev–Trinajstić information content (AvgIpc) is 3.32. The van der Waals surface area contributed by atoms with E-state index in [0.29, 0.717) is 12.8 Å². The molecule has 0 aromatic carbocycles. The van der Waals surface area contributed by atoms with E-state index in [1.165, 1.54) is 218 Å². The molecule has 0 bridgehead atoms. The van der Waals surface area contributed by atoms with E-state index in [0.717, 1.165) is 38.5 Å². The summed E-state index contributed by atoms with van der Waals surface area (Å²) in [7, 11) is -4.76. The normalized spacial score (nSPS) is 13.5. The van der Waals surface area contributed by atoms with Crippen molar-refractivity contribution in [2.45, 2.75) is 309 Å². The Morgan fingerprint density at radius 2 is 0.765 bits per heavy atom. The van der Waals surface area contributed by atoms with Crippen LogP contribution in [-0.4, -0.2) is 64.9 Å². The minimum absolute atomic E-state index is 0.150. The van der Waals surface area contributed by atoms with Gasteiger partial charge in [0, 0.05) is 12.8 Å². The number of phosphoric acid groups is 1. The van der Waals surface area contributed by atoms with Gasteiger partial charge in [-0.25, -0.2) is 9.36 Å². The van der Waals surface area contributed by atoms with Gasteiger partial charge in [0.15, 0.2) is 6.04 Å². The highest BCUT2D eigenvalue weighted by Gasteiger charge is 2.28. The Morgan fingerprint density at radius 1 is 0.456 bits per heavy atom. The van der Waals surface area contributed by atoms with E-state index in [9.17, 15) is 34.1 Å². The van der Waals surface area contributed by atoms with E-state index < -0.39 is 57.6 Å². The fraction of sp³-hybridized carbons (Fsp3) is 0.911. The number of allylic oxidation sites excluding steroid dienone is 2. The van der Waals surface area contributed by atoms with E-state index in [1.54, 1.807) is 0 Å². The molecule has 68 heavy (non-hydrogen) atoms. The Hall–Kier alpha value is -1.78. The molecule has 11 nitrogen and oxygen atoms in total. The first-order chi connectivity index (χ1) is 33.1. The first kappa shape index (κ1) is 66.2. The quantitative estimate of drug-likeness (QED) is 0.0199. The number of hydrogen-bond donors (Lipinski definition) is 4. The van der Waals surface area contributed by atoms with Gasteiger partial charge < -0.3 is 25.2 Å². The molecule has 0 aliphatic rings. The SMILES string of the molecule is CCCCCCCC/C=C/CCCCCCCCCCCCCCCC(=O)NC(COP(=O)(O)OCC(O)COC(=O)CCCCCCCCCCCCCCCCCCCCCCC)C(=O)O. The van der Waals surface area contributed by atoms with Crippen molar-refractivity contribution in [3.8, 4) is 0 Å². The molecule has 0 aromatic heterocycles. The number of aliphatic hydroxyl groups is 1. The molecule has 4 N–H and O–H groups in total. The number of hydrogen-bond acceptors (Lipinski definition) is 8. The van der Waals surface area contributed by atoms with Crippen LogP contribution >= 0.6 is 7.82 Å². The second-order valence-corrected chi connectivity index (χ2v) is 21.3. The van der Waals surface area contributed by atoms with E-state index in [-0.39, 0.29) is 12.8 Å². The lowest BCUT2D eigenvalue weighted by Crippen LogP contribution is -2.43. The summed E-state index contributed by atoms with van der Waals surface area (Å²) in [4.78, 5) is 46.3. The predicted octanol–water partition coefficient (Wildman–Crippen LogP) is 16.4. The van der Waals surface area contributed by atoms with Crippen molar-refractivity contribution >= 4 is 25.7 Å². The van der Waals surface area contributed by atoms with Crippen LogP contribution in [0.3, 0.4) is 0 Å². The third-order valence-corrected chi connectivity index (χ3v) is 14.0. The van der Waals surface area contributed by atoms with Crippen molar-refractivity contribution < 1.29 is 47.8 Å². The number of aliphatic carboxylic acids is 1. The van der Waals surface area contributed by atoms with Gasteiger partial charge in [0.05, 0.1) is 13.2 Å². The van der Waals surface area contributed by atoms with E-state index in [1.807, 2.05) is 0 Å². The fourth-order valence-corrected chi connectivity index (χ4v) is 9.38. The molecular weight excluding hydrogens is 878 g/mol. The number of carboxylic acid groups (broad SMARTS) is 1. The summed E-state index contributed by atoms with van der Waals surface area (Å²) < 4.78 is 27.0. The number of esters is 1. The number of rotatable bonds is 55. The number of carbonyl (C=O) groups excluding carboxylic acids is 2. The van der Waals surface area contributed by atoms with Crippen LogP contribution in [0.5, 0.6) is 0 Å². The van der Waals surface area contributed by atoms with Gasteiger partial charge in [-0.05, 0) is 38.5 Å². The molecule has 0 radical (unpaired) electrons. The topological polar surface area (TPSA) is 169 Å². The van der Waals surface area contributed by atoms with Crippen LogP contribution in [0.15, 0.2) is 12.2 Å². The highest BCUT2D eigenvalue weighted by Crippen LogP contribution is 2.43. The molecule has 0 rings (SSSR count). The Balaban J connectivity index is 3.74. The number of carbonyl (C=O) groups is 3. The fourth-order valence-electron chi connectivity index (χ4n) is 8.61. The van der Waals surface area contributed by atoms with Gasteiger partial charge in [0.25, 0.3) is 0 Å². The number of ether oxygens (including phenoxy) is 1. The summed E-state index contributed by atoms with van der Waals surface area (Å²) in [5.74, 6) is -2.35. The van der Waals surface area contributed by atoms with Crippen molar-refractivity contribution in [3.63, 3.8) is 0 Å². The minimum Gasteiger partial charge on any atom is -0.480 e. The van der Waals surface area contributed by atoms with Crippen molar-refractivity contribution in [1.82, 2.24) is 5.32 Å². The molecule has 3 unspecified atom stereocenters. The zero-order chi connectivity index (χ0) is 49.9. The Labute approximate surface area is 417 Å². The highest BCUT2D eigenvalue weighted by atomic mass is 31.2. The molecule has 0 fully saturated rings. The molecule has 0 aromatic rings. The van der Waals surface area contributed by atoms with Crippen LogP contribution in [0.2, 0.25) is 0 Å². The monoisotopic (exact) mass is 986 g/mol. The third kappa shape index (κ3) is 50.6. The standard InChI is InChI=1S/C56H108NO10P/c1-3-5-7-9-11-13-15-17-19-21-23-25-26-28-29-31-33-35-37-39-41-43-45-47-54(59)57-53(56(61)62)51-67-68(63,64)66-50-52(58)49-65-55(60)48-46-44-42-40-38-36-34-32-30-27-24-22-20-18-16-14-12-10-8-6-4-2/h17,19,52-53,58H,3-16,18,20-51H2,1-2H3,(H,57,59)(H,61,62)(H,63,64)/b19-17+. The molecule has 0 aliphatic carbocycles. The van der Waals surface area contributed by atoms with Gasteiger partial charge in [0.2, 0.25) is 5.91 Å². The maximum absolute atomic E-state index is 12.4. The molecule has 1 amide bonds. The summed E-state index contributed by atoms with van der Waals surface area (Å²) in [6, 6.07) is -1.54. The molecule has 402 valence electrons. The van der Waals surface area contributed by atoms with Gasteiger partial charge in [-0.1, -0.05) is 257 Å². The molecule has 0 aliphatic heterocycles.